The molecular weight excluding hydrogens is 244 g/mol. The predicted molar refractivity (Wildman–Crippen MR) is 85.0 cm³/mol. The predicted octanol–water partition coefficient (Wildman–Crippen LogP) is 3.39. The van der Waals surface area contributed by atoms with Crippen molar-refractivity contribution in [1.29, 1.82) is 0 Å². The molecule has 0 spiro atoms. The van der Waals surface area contributed by atoms with Gasteiger partial charge in [0.25, 0.3) is 0 Å². The quantitative estimate of drug-likeness (QED) is 0.799. The zero-order valence-electron chi connectivity index (χ0n) is 12.8. The molecule has 1 saturated carbocycles. The molecule has 0 bridgehead atoms. The molecule has 2 aliphatic rings. The van der Waals surface area contributed by atoms with Crippen LogP contribution in [0.5, 0.6) is 0 Å². The average Bonchev–Trinajstić information content (AvgIpc) is 3.30. The van der Waals surface area contributed by atoms with Crippen molar-refractivity contribution in [3.8, 4) is 0 Å². The Bertz CT molecular complexity index is 417. The van der Waals surface area contributed by atoms with Gasteiger partial charge >= 0.3 is 0 Å². The van der Waals surface area contributed by atoms with Crippen molar-refractivity contribution >= 4 is 0 Å². The molecule has 0 aromatic heterocycles. The van der Waals surface area contributed by atoms with Crippen LogP contribution in [0.2, 0.25) is 0 Å². The lowest BCUT2D eigenvalue weighted by atomic mass is 9.99. The smallest absolute Gasteiger partial charge is 0.0208 e. The van der Waals surface area contributed by atoms with E-state index in [2.05, 4.69) is 41.4 Å². The van der Waals surface area contributed by atoms with Crippen LogP contribution in [0.4, 0.5) is 0 Å². The van der Waals surface area contributed by atoms with Crippen molar-refractivity contribution in [2.24, 2.45) is 5.92 Å². The minimum absolute atomic E-state index is 0.858. The van der Waals surface area contributed by atoms with Gasteiger partial charge in [-0.15, -0.1) is 0 Å². The summed E-state index contributed by atoms with van der Waals surface area (Å²) in [5, 5.41) is 3.64. The summed E-state index contributed by atoms with van der Waals surface area (Å²) in [4.78, 5) is 2.61. The Hall–Kier alpha value is -0.860. The second kappa shape index (κ2) is 6.73. The molecule has 2 nitrogen and oxygen atoms in total. The lowest BCUT2D eigenvalue weighted by molar-refractivity contribution is 0.193. The third-order valence-electron chi connectivity index (χ3n) is 4.87. The lowest BCUT2D eigenvalue weighted by Gasteiger charge is -2.30. The number of likely N-dealkylation sites (tertiary alicyclic amines) is 1. The van der Waals surface area contributed by atoms with Crippen molar-refractivity contribution in [2.75, 3.05) is 26.2 Å². The Balaban J connectivity index is 1.39. The standard InChI is InChI=1S/C18H28N2/c1-15-8-11-20(12-9-15)13-10-19-14-17-4-2-3-5-18(17)16-6-7-16/h2-5,15-16,19H,6-14H2,1H3. The van der Waals surface area contributed by atoms with Gasteiger partial charge in [-0.2, -0.15) is 0 Å². The van der Waals surface area contributed by atoms with Gasteiger partial charge in [-0.05, 0) is 61.7 Å². The number of hydrogen-bond acceptors (Lipinski definition) is 2. The molecule has 3 rings (SSSR count). The molecule has 0 radical (unpaired) electrons. The molecule has 1 aliphatic heterocycles. The van der Waals surface area contributed by atoms with Crippen molar-refractivity contribution in [2.45, 2.75) is 45.1 Å². The third-order valence-corrected chi connectivity index (χ3v) is 4.87. The van der Waals surface area contributed by atoms with E-state index in [0.717, 1.165) is 24.9 Å². The van der Waals surface area contributed by atoms with E-state index in [4.69, 9.17) is 0 Å². The van der Waals surface area contributed by atoms with Gasteiger partial charge in [0.05, 0.1) is 0 Å². The summed E-state index contributed by atoms with van der Waals surface area (Å²) in [6, 6.07) is 8.98. The van der Waals surface area contributed by atoms with E-state index in [9.17, 15) is 0 Å². The molecule has 2 heteroatoms. The summed E-state index contributed by atoms with van der Waals surface area (Å²) in [6.45, 7) is 8.33. The van der Waals surface area contributed by atoms with Crippen LogP contribution in [0.15, 0.2) is 24.3 Å². The first-order valence-corrected chi connectivity index (χ1v) is 8.34. The van der Waals surface area contributed by atoms with Crippen molar-refractivity contribution in [1.82, 2.24) is 10.2 Å². The molecule has 0 atom stereocenters. The Morgan fingerprint density at radius 2 is 1.85 bits per heavy atom. The van der Waals surface area contributed by atoms with Gasteiger partial charge in [-0.25, -0.2) is 0 Å². The highest BCUT2D eigenvalue weighted by Crippen LogP contribution is 2.41. The minimum Gasteiger partial charge on any atom is -0.311 e. The van der Waals surface area contributed by atoms with Crippen LogP contribution in [-0.2, 0) is 6.54 Å². The summed E-state index contributed by atoms with van der Waals surface area (Å²) in [5.41, 5.74) is 3.11. The van der Waals surface area contributed by atoms with Crippen LogP contribution < -0.4 is 5.32 Å². The van der Waals surface area contributed by atoms with E-state index in [1.807, 2.05) is 0 Å². The van der Waals surface area contributed by atoms with Crippen LogP contribution in [-0.4, -0.2) is 31.1 Å². The third kappa shape index (κ3) is 3.83. The van der Waals surface area contributed by atoms with Gasteiger partial charge in [0.1, 0.15) is 0 Å². The van der Waals surface area contributed by atoms with E-state index >= 15 is 0 Å². The van der Waals surface area contributed by atoms with E-state index < -0.39 is 0 Å². The van der Waals surface area contributed by atoms with Crippen molar-refractivity contribution in [3.05, 3.63) is 35.4 Å². The first-order valence-electron chi connectivity index (χ1n) is 8.34. The maximum atomic E-state index is 3.64. The average molecular weight is 272 g/mol. The van der Waals surface area contributed by atoms with Crippen LogP contribution in [0.3, 0.4) is 0 Å². The molecule has 1 aliphatic carbocycles. The fourth-order valence-electron chi connectivity index (χ4n) is 3.23. The molecule has 1 N–H and O–H groups in total. The van der Waals surface area contributed by atoms with Crippen LogP contribution >= 0.6 is 0 Å². The van der Waals surface area contributed by atoms with Gasteiger partial charge in [0, 0.05) is 19.6 Å². The molecule has 0 amide bonds. The number of piperidine rings is 1. The molecule has 1 heterocycles. The fraction of sp³-hybridized carbons (Fsp3) is 0.667. The fourth-order valence-corrected chi connectivity index (χ4v) is 3.23. The van der Waals surface area contributed by atoms with Gasteiger partial charge in [0.15, 0.2) is 0 Å². The number of nitrogens with zero attached hydrogens (tertiary/aromatic N) is 1. The first kappa shape index (κ1) is 14.1. The Kier molecular flexibility index (Phi) is 4.74. The summed E-state index contributed by atoms with van der Waals surface area (Å²) < 4.78 is 0. The summed E-state index contributed by atoms with van der Waals surface area (Å²) in [7, 11) is 0. The maximum absolute atomic E-state index is 3.64. The van der Waals surface area contributed by atoms with E-state index in [0.29, 0.717) is 0 Å². The van der Waals surface area contributed by atoms with Crippen LogP contribution in [0.25, 0.3) is 0 Å². The van der Waals surface area contributed by atoms with Crippen LogP contribution in [0, 0.1) is 5.92 Å². The first-order chi connectivity index (χ1) is 9.83. The highest BCUT2D eigenvalue weighted by atomic mass is 15.1. The number of benzene rings is 1. The molecule has 0 unspecified atom stereocenters. The van der Waals surface area contributed by atoms with E-state index in [1.54, 1.807) is 5.56 Å². The van der Waals surface area contributed by atoms with Gasteiger partial charge < -0.3 is 10.2 Å². The number of rotatable bonds is 6. The van der Waals surface area contributed by atoms with E-state index in [1.165, 1.54) is 50.9 Å². The normalized spacial score (nSPS) is 21.2. The lowest BCUT2D eigenvalue weighted by Crippen LogP contribution is -2.37. The monoisotopic (exact) mass is 272 g/mol. The number of nitrogens with one attached hydrogen (secondary N) is 1. The minimum atomic E-state index is 0.858. The van der Waals surface area contributed by atoms with Gasteiger partial charge in [0.2, 0.25) is 0 Å². The van der Waals surface area contributed by atoms with Crippen molar-refractivity contribution < 1.29 is 0 Å². The summed E-state index contributed by atoms with van der Waals surface area (Å²) >= 11 is 0. The second-order valence-electron chi connectivity index (χ2n) is 6.67. The zero-order valence-corrected chi connectivity index (χ0v) is 12.8. The van der Waals surface area contributed by atoms with Crippen LogP contribution in [0.1, 0.15) is 49.7 Å². The second-order valence-corrected chi connectivity index (χ2v) is 6.67. The van der Waals surface area contributed by atoms with Gasteiger partial charge in [-0.3, -0.25) is 0 Å². The molecular formula is C18H28N2. The summed E-state index contributed by atoms with van der Waals surface area (Å²) in [5.74, 6) is 1.79. The zero-order chi connectivity index (χ0) is 13.8. The topological polar surface area (TPSA) is 15.3 Å². The number of hydrogen-bond donors (Lipinski definition) is 1. The van der Waals surface area contributed by atoms with E-state index in [-0.39, 0.29) is 0 Å². The Morgan fingerprint density at radius 3 is 2.60 bits per heavy atom. The molecule has 110 valence electrons. The molecule has 1 saturated heterocycles. The maximum Gasteiger partial charge on any atom is 0.0208 e. The van der Waals surface area contributed by atoms with Gasteiger partial charge in [-0.1, -0.05) is 31.2 Å². The SMILES string of the molecule is CC1CCN(CCNCc2ccccc2C2CC2)CC1. The Labute approximate surface area is 123 Å². The molecule has 2 fully saturated rings. The van der Waals surface area contributed by atoms with Crippen molar-refractivity contribution in [3.63, 3.8) is 0 Å². The highest BCUT2D eigenvalue weighted by Gasteiger charge is 2.25. The molecule has 1 aromatic carbocycles. The molecule has 1 aromatic rings. The Morgan fingerprint density at radius 1 is 1.10 bits per heavy atom. The molecule has 20 heavy (non-hydrogen) atoms. The highest BCUT2D eigenvalue weighted by molar-refractivity contribution is 5.33. The largest absolute Gasteiger partial charge is 0.311 e. The summed E-state index contributed by atoms with van der Waals surface area (Å²) in [6.07, 6.45) is 5.54.